The molecule has 0 radical (unpaired) electrons. The van der Waals surface area contributed by atoms with Gasteiger partial charge in [-0.3, -0.25) is 4.98 Å². The number of fused-ring (bicyclic) bond motifs is 1. The van der Waals surface area contributed by atoms with Crippen molar-refractivity contribution < 1.29 is 20.1 Å². The molecule has 0 saturated heterocycles. The third kappa shape index (κ3) is 6.87. The van der Waals surface area contributed by atoms with E-state index in [1.54, 1.807) is 0 Å². The minimum Gasteiger partial charge on any atom is -0.504 e. The Morgan fingerprint density at radius 3 is 1.89 bits per heavy atom. The SMILES string of the molecule is CC(C)c1cc(-c2ccccc2)cc(C(C)C)c1-n1ccnc1-c1[c-]cccc1.CN1[CH-]N(c2[c-]cccc2)c2ccccc21.[Ir+3]. The van der Waals surface area contributed by atoms with Crippen LogP contribution in [0.25, 0.3) is 28.2 Å². The Bertz CT molecular complexity index is 1820. The molecule has 4 nitrogen and oxygen atoms in total. The predicted molar refractivity (Wildman–Crippen MR) is 188 cm³/mol. The largest absolute Gasteiger partial charge is 3.00 e. The molecular formula is C41H39IrN4. The van der Waals surface area contributed by atoms with E-state index in [1.807, 2.05) is 42.6 Å². The molecule has 0 spiro atoms. The number of aromatic nitrogens is 2. The Labute approximate surface area is 287 Å². The first kappa shape index (κ1) is 32.9. The first-order valence-electron chi connectivity index (χ1n) is 15.6. The summed E-state index contributed by atoms with van der Waals surface area (Å²) in [6, 6.07) is 46.3. The van der Waals surface area contributed by atoms with Gasteiger partial charge in [0.15, 0.2) is 0 Å². The molecule has 0 atom stereocenters. The van der Waals surface area contributed by atoms with Crippen LogP contribution in [0, 0.1) is 18.8 Å². The van der Waals surface area contributed by atoms with Crippen molar-refractivity contribution in [2.24, 2.45) is 0 Å². The molecular weight excluding hydrogens is 741 g/mol. The van der Waals surface area contributed by atoms with Crippen LogP contribution in [0.2, 0.25) is 0 Å². The molecule has 6 aromatic rings. The Balaban J connectivity index is 0.000000207. The molecule has 0 saturated carbocycles. The number of hydrogen-bond donors (Lipinski definition) is 0. The quantitative estimate of drug-likeness (QED) is 0.157. The van der Waals surface area contributed by atoms with Gasteiger partial charge in [0, 0.05) is 29.5 Å². The van der Waals surface area contributed by atoms with E-state index >= 15 is 0 Å². The van der Waals surface area contributed by atoms with Gasteiger partial charge < -0.3 is 14.4 Å². The summed E-state index contributed by atoms with van der Waals surface area (Å²) in [6.07, 6.45) is 3.96. The van der Waals surface area contributed by atoms with Crippen molar-refractivity contribution in [3.8, 4) is 28.2 Å². The van der Waals surface area contributed by atoms with Gasteiger partial charge >= 0.3 is 20.1 Å². The van der Waals surface area contributed by atoms with Gasteiger partial charge in [-0.15, -0.1) is 41.6 Å². The van der Waals surface area contributed by atoms with Crippen LogP contribution in [-0.2, 0) is 20.1 Å². The number of nitrogens with zero attached hydrogens (tertiary/aromatic N) is 4. The molecule has 5 heteroatoms. The monoisotopic (exact) mass is 780 g/mol. The summed E-state index contributed by atoms with van der Waals surface area (Å²) in [5.41, 5.74) is 11.0. The fraction of sp³-hybridized carbons (Fsp3) is 0.171. The topological polar surface area (TPSA) is 24.3 Å². The van der Waals surface area contributed by atoms with E-state index < -0.39 is 0 Å². The van der Waals surface area contributed by atoms with E-state index in [0.717, 1.165) is 17.1 Å². The maximum Gasteiger partial charge on any atom is 3.00 e. The van der Waals surface area contributed by atoms with Crippen molar-refractivity contribution in [2.75, 3.05) is 16.8 Å². The van der Waals surface area contributed by atoms with Crippen LogP contribution in [0.5, 0.6) is 0 Å². The zero-order valence-corrected chi connectivity index (χ0v) is 29.4. The average Bonchev–Trinajstić information content (AvgIpc) is 3.70. The molecule has 46 heavy (non-hydrogen) atoms. The van der Waals surface area contributed by atoms with Crippen LogP contribution in [0.15, 0.2) is 128 Å². The summed E-state index contributed by atoms with van der Waals surface area (Å²) in [4.78, 5) is 8.95. The van der Waals surface area contributed by atoms with E-state index in [9.17, 15) is 0 Å². The first-order chi connectivity index (χ1) is 21.9. The van der Waals surface area contributed by atoms with Gasteiger partial charge in [-0.05, 0) is 65.4 Å². The molecule has 0 unspecified atom stereocenters. The Hall–Kier alpha value is -4.44. The van der Waals surface area contributed by atoms with E-state index in [2.05, 4.69) is 158 Å². The minimum absolute atomic E-state index is 0. The smallest absolute Gasteiger partial charge is 0.504 e. The van der Waals surface area contributed by atoms with Crippen molar-refractivity contribution in [2.45, 2.75) is 39.5 Å². The summed E-state index contributed by atoms with van der Waals surface area (Å²) in [7, 11) is 2.06. The number of hydrogen-bond acceptors (Lipinski definition) is 3. The number of rotatable bonds is 6. The van der Waals surface area contributed by atoms with Crippen molar-refractivity contribution in [1.29, 1.82) is 0 Å². The minimum atomic E-state index is 0. The summed E-state index contributed by atoms with van der Waals surface area (Å²) < 4.78 is 2.24. The molecule has 1 aliphatic heterocycles. The Kier molecular flexibility index (Phi) is 10.6. The van der Waals surface area contributed by atoms with Crippen LogP contribution < -0.4 is 9.80 Å². The van der Waals surface area contributed by atoms with Gasteiger partial charge in [-0.1, -0.05) is 70.2 Å². The van der Waals surface area contributed by atoms with Crippen LogP contribution in [-0.4, -0.2) is 16.6 Å². The van der Waals surface area contributed by atoms with Gasteiger partial charge in [-0.2, -0.15) is 37.0 Å². The normalized spacial score (nSPS) is 12.1. The number of imidazole rings is 1. The second kappa shape index (κ2) is 14.8. The maximum absolute atomic E-state index is 4.68. The van der Waals surface area contributed by atoms with Gasteiger partial charge in [0.2, 0.25) is 0 Å². The molecule has 0 aliphatic carbocycles. The Morgan fingerprint density at radius 2 is 1.28 bits per heavy atom. The number of anilines is 3. The molecule has 232 valence electrons. The molecule has 7 rings (SSSR count). The third-order valence-electron chi connectivity index (χ3n) is 8.11. The second-order valence-corrected chi connectivity index (χ2v) is 11.9. The fourth-order valence-electron chi connectivity index (χ4n) is 5.84. The van der Waals surface area contributed by atoms with E-state index in [-0.39, 0.29) is 20.1 Å². The zero-order chi connectivity index (χ0) is 31.3. The van der Waals surface area contributed by atoms with Crippen molar-refractivity contribution in [1.82, 2.24) is 9.55 Å². The molecule has 1 aromatic heterocycles. The number of para-hydroxylation sites is 3. The number of benzene rings is 5. The predicted octanol–water partition coefficient (Wildman–Crippen LogP) is 10.4. The fourth-order valence-corrected chi connectivity index (χ4v) is 5.84. The molecule has 5 aromatic carbocycles. The molecule has 0 bridgehead atoms. The van der Waals surface area contributed by atoms with Crippen LogP contribution >= 0.6 is 0 Å². The van der Waals surface area contributed by atoms with Crippen LogP contribution in [0.1, 0.15) is 50.7 Å². The Morgan fingerprint density at radius 1 is 0.674 bits per heavy atom. The summed E-state index contributed by atoms with van der Waals surface area (Å²) in [5.74, 6) is 1.71. The van der Waals surface area contributed by atoms with Crippen molar-refractivity contribution in [3.63, 3.8) is 0 Å². The maximum atomic E-state index is 4.68. The van der Waals surface area contributed by atoms with Crippen LogP contribution in [0.3, 0.4) is 0 Å². The summed E-state index contributed by atoms with van der Waals surface area (Å²) in [5, 5.41) is 0. The second-order valence-electron chi connectivity index (χ2n) is 11.9. The van der Waals surface area contributed by atoms with E-state index in [4.69, 9.17) is 0 Å². The van der Waals surface area contributed by atoms with Gasteiger partial charge in [0.25, 0.3) is 0 Å². The average molecular weight is 780 g/mol. The van der Waals surface area contributed by atoms with E-state index in [1.165, 1.54) is 39.3 Å². The summed E-state index contributed by atoms with van der Waals surface area (Å²) >= 11 is 0. The molecule has 1 aliphatic rings. The molecule has 0 amide bonds. The van der Waals surface area contributed by atoms with Gasteiger partial charge in [0.1, 0.15) is 0 Å². The van der Waals surface area contributed by atoms with Crippen molar-refractivity contribution in [3.05, 3.63) is 158 Å². The van der Waals surface area contributed by atoms with Gasteiger partial charge in [0.05, 0.1) is 5.82 Å². The molecule has 2 heterocycles. The van der Waals surface area contributed by atoms with Crippen LogP contribution in [0.4, 0.5) is 17.1 Å². The zero-order valence-electron chi connectivity index (χ0n) is 27.0. The third-order valence-corrected chi connectivity index (χ3v) is 8.11. The standard InChI is InChI=1S/C27H27N2.C14H12N2.Ir/c1-19(2)24-17-23(21-11-7-5-8-12-21)18-25(20(3)4)26(24)29-16-15-28-27(29)22-13-9-6-10-14-22;1-15-11-16(12-7-3-2-4-8-12)14-10-6-5-9-13(14)15;/h5-13,15-20H,1-4H3;2-7,9-11H,1H3;/q-1;-2;+3. The van der Waals surface area contributed by atoms with Crippen molar-refractivity contribution >= 4 is 17.1 Å². The molecule has 0 N–H and O–H groups in total. The summed E-state index contributed by atoms with van der Waals surface area (Å²) in [6.45, 7) is 11.1. The molecule has 0 fully saturated rings. The van der Waals surface area contributed by atoms with Gasteiger partial charge in [-0.25, -0.2) is 0 Å². The van der Waals surface area contributed by atoms with E-state index in [0.29, 0.717) is 11.8 Å². The first-order valence-corrected chi connectivity index (χ1v) is 15.6.